The number of aryl methyl sites for hydroxylation is 1. The zero-order chi connectivity index (χ0) is 14.1. The van der Waals surface area contributed by atoms with Crippen molar-refractivity contribution in [3.63, 3.8) is 0 Å². The summed E-state index contributed by atoms with van der Waals surface area (Å²) in [6.07, 6.45) is 0. The number of amides is 2. The van der Waals surface area contributed by atoms with Crippen LogP contribution in [0, 0.1) is 18.3 Å². The molecule has 0 radical (unpaired) electrons. The average Bonchev–Trinajstić information content (AvgIpc) is 2.78. The molecule has 2 fully saturated rings. The number of nitriles is 1. The minimum absolute atomic E-state index is 0.139. The number of fused-ring (bicyclic) bond motifs is 1. The lowest BCUT2D eigenvalue weighted by Crippen LogP contribution is -2.49. The summed E-state index contributed by atoms with van der Waals surface area (Å²) in [6.45, 7) is 5.97. The van der Waals surface area contributed by atoms with Crippen LogP contribution in [0.25, 0.3) is 0 Å². The summed E-state index contributed by atoms with van der Waals surface area (Å²) in [5.74, 6) is 0. The molecule has 1 aromatic carbocycles. The van der Waals surface area contributed by atoms with Crippen molar-refractivity contribution in [1.29, 1.82) is 5.26 Å². The fourth-order valence-corrected chi connectivity index (χ4v) is 2.97. The maximum atomic E-state index is 12.4. The molecule has 0 aliphatic carbocycles. The largest absolute Gasteiger partial charge is 0.320 e. The maximum absolute atomic E-state index is 12.4. The summed E-state index contributed by atoms with van der Waals surface area (Å²) < 4.78 is 0. The van der Waals surface area contributed by atoms with Crippen LogP contribution in [0.2, 0.25) is 0 Å². The molecule has 0 bridgehead atoms. The van der Waals surface area contributed by atoms with E-state index >= 15 is 0 Å². The normalized spacial score (nSPS) is 21.8. The van der Waals surface area contributed by atoms with E-state index in [0.29, 0.717) is 18.2 Å². The SMILES string of the molecule is Cc1cc(C#N)ccc1CN1CC2CNCCN2C1=O. The predicted molar refractivity (Wildman–Crippen MR) is 75.1 cm³/mol. The highest BCUT2D eigenvalue weighted by atomic mass is 16.2. The quantitative estimate of drug-likeness (QED) is 0.874. The van der Waals surface area contributed by atoms with Gasteiger partial charge in [0.1, 0.15) is 0 Å². The van der Waals surface area contributed by atoms with Gasteiger partial charge in [0.15, 0.2) is 0 Å². The van der Waals surface area contributed by atoms with Crippen LogP contribution in [-0.2, 0) is 6.54 Å². The molecule has 104 valence electrons. The Morgan fingerprint density at radius 2 is 2.35 bits per heavy atom. The first-order chi connectivity index (χ1) is 9.69. The first-order valence-corrected chi connectivity index (χ1v) is 6.95. The van der Waals surface area contributed by atoms with Crippen molar-refractivity contribution in [3.8, 4) is 6.07 Å². The molecule has 5 nitrogen and oxygen atoms in total. The van der Waals surface area contributed by atoms with E-state index in [1.165, 1.54) is 0 Å². The lowest BCUT2D eigenvalue weighted by Gasteiger charge is -2.28. The van der Waals surface area contributed by atoms with Crippen LogP contribution in [0.5, 0.6) is 0 Å². The van der Waals surface area contributed by atoms with E-state index in [1.807, 2.05) is 34.9 Å². The number of benzene rings is 1. The number of hydrogen-bond donors (Lipinski definition) is 1. The van der Waals surface area contributed by atoms with Crippen molar-refractivity contribution in [3.05, 3.63) is 34.9 Å². The van der Waals surface area contributed by atoms with Gasteiger partial charge < -0.3 is 15.1 Å². The van der Waals surface area contributed by atoms with Gasteiger partial charge in [-0.1, -0.05) is 6.07 Å². The summed E-state index contributed by atoms with van der Waals surface area (Å²) in [4.78, 5) is 16.2. The molecule has 5 heteroatoms. The lowest BCUT2D eigenvalue weighted by atomic mass is 10.1. The van der Waals surface area contributed by atoms with Crippen LogP contribution < -0.4 is 5.32 Å². The van der Waals surface area contributed by atoms with Gasteiger partial charge >= 0.3 is 6.03 Å². The van der Waals surface area contributed by atoms with E-state index < -0.39 is 0 Å². The van der Waals surface area contributed by atoms with Gasteiger partial charge in [0, 0.05) is 32.7 Å². The summed E-state index contributed by atoms with van der Waals surface area (Å²) in [5.41, 5.74) is 2.85. The second-order valence-electron chi connectivity index (χ2n) is 5.47. The predicted octanol–water partition coefficient (Wildman–Crippen LogP) is 1.08. The van der Waals surface area contributed by atoms with Crippen molar-refractivity contribution in [2.24, 2.45) is 0 Å². The van der Waals surface area contributed by atoms with Crippen molar-refractivity contribution in [2.75, 3.05) is 26.2 Å². The van der Waals surface area contributed by atoms with Crippen molar-refractivity contribution >= 4 is 6.03 Å². The molecule has 2 amide bonds. The second kappa shape index (κ2) is 5.14. The molecule has 1 unspecified atom stereocenters. The Morgan fingerprint density at radius 3 is 3.05 bits per heavy atom. The van der Waals surface area contributed by atoms with Gasteiger partial charge in [0.05, 0.1) is 17.7 Å². The number of nitrogens with one attached hydrogen (secondary N) is 1. The number of carbonyl (C=O) groups is 1. The molecule has 2 aliphatic rings. The van der Waals surface area contributed by atoms with Crippen molar-refractivity contribution in [2.45, 2.75) is 19.5 Å². The Balaban J connectivity index is 1.75. The number of nitrogens with zero attached hydrogens (tertiary/aromatic N) is 3. The number of hydrogen-bond acceptors (Lipinski definition) is 3. The highest BCUT2D eigenvalue weighted by Crippen LogP contribution is 2.21. The number of rotatable bonds is 2. The first kappa shape index (κ1) is 12.9. The van der Waals surface area contributed by atoms with Gasteiger partial charge in [-0.15, -0.1) is 0 Å². The van der Waals surface area contributed by atoms with Gasteiger partial charge in [-0.3, -0.25) is 0 Å². The van der Waals surface area contributed by atoms with E-state index in [1.54, 1.807) is 0 Å². The minimum atomic E-state index is 0.139. The Morgan fingerprint density at radius 1 is 1.50 bits per heavy atom. The molecule has 20 heavy (non-hydrogen) atoms. The maximum Gasteiger partial charge on any atom is 0.320 e. The third-order valence-electron chi connectivity index (χ3n) is 4.13. The smallest absolute Gasteiger partial charge is 0.318 e. The van der Waals surface area contributed by atoms with Gasteiger partial charge in [-0.25, -0.2) is 4.79 Å². The van der Waals surface area contributed by atoms with Gasteiger partial charge in [0.2, 0.25) is 0 Å². The Kier molecular flexibility index (Phi) is 3.33. The fraction of sp³-hybridized carbons (Fsp3) is 0.467. The van der Waals surface area contributed by atoms with Crippen LogP contribution in [0.15, 0.2) is 18.2 Å². The van der Waals surface area contributed by atoms with E-state index in [-0.39, 0.29) is 6.03 Å². The Bertz CT molecular complexity index is 578. The minimum Gasteiger partial charge on any atom is -0.318 e. The van der Waals surface area contributed by atoms with E-state index in [0.717, 1.165) is 37.3 Å². The zero-order valence-electron chi connectivity index (χ0n) is 11.6. The second-order valence-corrected chi connectivity index (χ2v) is 5.47. The lowest BCUT2D eigenvalue weighted by molar-refractivity contribution is 0.178. The van der Waals surface area contributed by atoms with Crippen LogP contribution in [-0.4, -0.2) is 48.1 Å². The number of piperazine rings is 1. The molecule has 1 atom stereocenters. The molecule has 1 N–H and O–H groups in total. The zero-order valence-corrected chi connectivity index (χ0v) is 11.6. The molecule has 0 aromatic heterocycles. The fourth-order valence-electron chi connectivity index (χ4n) is 2.97. The topological polar surface area (TPSA) is 59.4 Å². The Labute approximate surface area is 118 Å². The van der Waals surface area contributed by atoms with Gasteiger partial charge in [-0.05, 0) is 30.2 Å². The first-order valence-electron chi connectivity index (χ1n) is 6.95. The van der Waals surface area contributed by atoms with E-state index in [2.05, 4.69) is 11.4 Å². The van der Waals surface area contributed by atoms with Crippen molar-refractivity contribution < 1.29 is 4.79 Å². The molecular weight excluding hydrogens is 252 g/mol. The molecule has 2 aliphatic heterocycles. The monoisotopic (exact) mass is 270 g/mol. The number of carbonyl (C=O) groups excluding carboxylic acids is 1. The molecule has 2 heterocycles. The van der Waals surface area contributed by atoms with Crippen LogP contribution in [0.4, 0.5) is 4.79 Å². The summed E-state index contributed by atoms with van der Waals surface area (Å²) >= 11 is 0. The molecule has 3 rings (SSSR count). The summed E-state index contributed by atoms with van der Waals surface area (Å²) in [5, 5.41) is 12.2. The molecule has 0 spiro atoms. The van der Waals surface area contributed by atoms with Crippen LogP contribution in [0.3, 0.4) is 0 Å². The number of urea groups is 1. The van der Waals surface area contributed by atoms with Gasteiger partial charge in [0.25, 0.3) is 0 Å². The summed E-state index contributed by atoms with van der Waals surface area (Å²) in [7, 11) is 0. The van der Waals surface area contributed by atoms with Crippen LogP contribution in [0.1, 0.15) is 16.7 Å². The van der Waals surface area contributed by atoms with Gasteiger partial charge in [-0.2, -0.15) is 5.26 Å². The highest BCUT2D eigenvalue weighted by Gasteiger charge is 2.38. The molecular formula is C15H18N4O. The van der Waals surface area contributed by atoms with E-state index in [4.69, 9.17) is 5.26 Å². The Hall–Kier alpha value is -2.06. The van der Waals surface area contributed by atoms with Crippen molar-refractivity contribution in [1.82, 2.24) is 15.1 Å². The highest BCUT2D eigenvalue weighted by molar-refractivity contribution is 5.77. The standard InChI is InChI=1S/C15H18N4O/c1-11-6-12(7-16)2-3-13(11)9-18-10-14-8-17-4-5-19(14)15(18)20/h2-3,6,14,17H,4-5,8-10H2,1H3. The third-order valence-corrected chi connectivity index (χ3v) is 4.13. The summed E-state index contributed by atoms with van der Waals surface area (Å²) in [6, 6.07) is 8.23. The van der Waals surface area contributed by atoms with Crippen LogP contribution >= 0.6 is 0 Å². The average molecular weight is 270 g/mol. The molecule has 0 saturated carbocycles. The van der Waals surface area contributed by atoms with E-state index in [9.17, 15) is 4.79 Å². The molecule has 2 saturated heterocycles. The third kappa shape index (κ3) is 2.23. The molecule has 1 aromatic rings.